The van der Waals surface area contributed by atoms with Crippen LogP contribution in [0.3, 0.4) is 0 Å². The minimum Gasteiger partial charge on any atom is -0.394 e. The van der Waals surface area contributed by atoms with Crippen LogP contribution in [-0.2, 0) is 23.7 Å². The zero-order chi connectivity index (χ0) is 57.4. The number of aliphatic hydroxyl groups excluding tert-OH is 8. The van der Waals surface area contributed by atoms with E-state index in [1.165, 1.54) is 83.5 Å². The fraction of sp³-hybridized carbons (Fsp3) is 0.708. The number of hydrogen-bond donors (Lipinski definition) is 9. The Morgan fingerprint density at radius 3 is 1.33 bits per heavy atom. The lowest BCUT2D eigenvalue weighted by molar-refractivity contribution is -0.359. The lowest BCUT2D eigenvalue weighted by Crippen LogP contribution is -2.65. The zero-order valence-corrected chi connectivity index (χ0v) is 48.6. The van der Waals surface area contributed by atoms with Crippen LogP contribution in [0.15, 0.2) is 109 Å². The van der Waals surface area contributed by atoms with Crippen LogP contribution in [0, 0.1) is 0 Å². The van der Waals surface area contributed by atoms with Gasteiger partial charge in [0.25, 0.3) is 0 Å². The maximum Gasteiger partial charge on any atom is 0.220 e. The molecule has 452 valence electrons. The Labute approximate surface area is 476 Å². The smallest absolute Gasteiger partial charge is 0.220 e. The molecule has 14 nitrogen and oxygen atoms in total. The highest BCUT2D eigenvalue weighted by Gasteiger charge is 2.51. The second-order valence-corrected chi connectivity index (χ2v) is 21.1. The molecule has 0 saturated carbocycles. The number of amides is 1. The van der Waals surface area contributed by atoms with Crippen molar-refractivity contribution in [2.24, 2.45) is 0 Å². The van der Waals surface area contributed by atoms with Crippen molar-refractivity contribution in [1.82, 2.24) is 5.32 Å². The zero-order valence-electron chi connectivity index (χ0n) is 48.6. The summed E-state index contributed by atoms with van der Waals surface area (Å²) in [6, 6.07) is -0.914. The van der Waals surface area contributed by atoms with Crippen LogP contribution in [-0.4, -0.2) is 140 Å². The van der Waals surface area contributed by atoms with Crippen LogP contribution in [0.1, 0.15) is 200 Å². The van der Waals surface area contributed by atoms with Gasteiger partial charge in [-0.2, -0.15) is 0 Å². The topological polar surface area (TPSA) is 228 Å². The summed E-state index contributed by atoms with van der Waals surface area (Å²) in [4.78, 5) is 13.1. The lowest BCUT2D eigenvalue weighted by atomic mass is 9.97. The van der Waals surface area contributed by atoms with E-state index >= 15 is 0 Å². The number of ether oxygens (including phenoxy) is 4. The molecule has 0 aromatic rings. The summed E-state index contributed by atoms with van der Waals surface area (Å²) in [6.45, 7) is 2.49. The second kappa shape index (κ2) is 49.3. The highest BCUT2D eigenvalue weighted by Crippen LogP contribution is 2.30. The largest absolute Gasteiger partial charge is 0.394 e. The first-order chi connectivity index (χ1) is 38.6. The Morgan fingerprint density at radius 2 is 0.873 bits per heavy atom. The molecule has 0 radical (unpaired) electrons. The van der Waals surface area contributed by atoms with Gasteiger partial charge in [-0.15, -0.1) is 0 Å². The van der Waals surface area contributed by atoms with Gasteiger partial charge in [0.2, 0.25) is 5.91 Å². The summed E-state index contributed by atoms with van der Waals surface area (Å²) in [7, 11) is 0. The van der Waals surface area contributed by atoms with Gasteiger partial charge in [0, 0.05) is 6.42 Å². The Bertz CT molecular complexity index is 1740. The highest BCUT2D eigenvalue weighted by molar-refractivity contribution is 5.76. The first kappa shape index (κ1) is 71.8. The Morgan fingerprint density at radius 1 is 0.468 bits per heavy atom. The molecule has 2 aliphatic heterocycles. The van der Waals surface area contributed by atoms with Crippen LogP contribution < -0.4 is 5.32 Å². The molecule has 0 aromatic carbocycles. The van der Waals surface area contributed by atoms with E-state index in [2.05, 4.69) is 116 Å². The van der Waals surface area contributed by atoms with Gasteiger partial charge < -0.3 is 65.1 Å². The number of unbranched alkanes of at least 4 members (excludes halogenated alkanes) is 18. The lowest BCUT2D eigenvalue weighted by Gasteiger charge is -2.46. The van der Waals surface area contributed by atoms with Gasteiger partial charge in [-0.25, -0.2) is 0 Å². The van der Waals surface area contributed by atoms with Crippen molar-refractivity contribution in [2.75, 3.05) is 19.8 Å². The summed E-state index contributed by atoms with van der Waals surface area (Å²) in [5, 5.41) is 86.2. The standard InChI is InChI=1S/C65H109NO13/c1-3-5-7-9-10-11-12-13-14-15-16-17-18-19-20-21-22-23-24-25-26-27-28-29-30-31-32-33-34-35-36-37-38-39-40-41-42-43-44-45-47-49-57(70)66-53(54(69)48-46-8-6-4-2)52-76-64-62(75)60(73)63(56(51-68)78-64)79-65-61(74)59(72)58(71)55(50-67)77-65/h5,7,10-11,13-14,16-17,19-20,22-23,25-26,28-29,46,48,53-56,58-65,67-69,71-75H,3-4,6,8-9,12,15,18,21,24,27,30-45,47,49-52H2,1-2H3,(H,66,70)/b7-5-,11-10-,14-13-,17-16-,20-19-,23-22-,26-25-,29-28-,48-46+. The van der Waals surface area contributed by atoms with Gasteiger partial charge in [0.15, 0.2) is 12.6 Å². The maximum absolute atomic E-state index is 13.1. The van der Waals surface area contributed by atoms with E-state index in [0.29, 0.717) is 6.42 Å². The summed E-state index contributed by atoms with van der Waals surface area (Å²) in [5.41, 5.74) is 0. The van der Waals surface area contributed by atoms with E-state index in [9.17, 15) is 45.6 Å². The molecule has 12 unspecified atom stereocenters. The fourth-order valence-corrected chi connectivity index (χ4v) is 9.29. The van der Waals surface area contributed by atoms with Gasteiger partial charge in [-0.3, -0.25) is 4.79 Å². The molecule has 2 aliphatic rings. The van der Waals surface area contributed by atoms with Crippen LogP contribution >= 0.6 is 0 Å². The molecule has 12 atom stereocenters. The molecule has 0 aliphatic carbocycles. The van der Waals surface area contributed by atoms with Gasteiger partial charge >= 0.3 is 0 Å². The molecule has 0 aromatic heterocycles. The third kappa shape index (κ3) is 34.6. The quantitative estimate of drug-likeness (QED) is 0.0204. The number of carbonyl (C=O) groups excluding carboxylic acids is 1. The van der Waals surface area contributed by atoms with Crippen LogP contribution in [0.4, 0.5) is 0 Å². The molecule has 2 rings (SSSR count). The van der Waals surface area contributed by atoms with Crippen molar-refractivity contribution in [3.05, 3.63) is 109 Å². The van der Waals surface area contributed by atoms with E-state index in [4.69, 9.17) is 18.9 Å². The van der Waals surface area contributed by atoms with Crippen molar-refractivity contribution in [3.63, 3.8) is 0 Å². The van der Waals surface area contributed by atoms with E-state index in [1.807, 2.05) is 6.08 Å². The Hall–Kier alpha value is -3.35. The molecule has 2 fully saturated rings. The van der Waals surface area contributed by atoms with E-state index in [1.54, 1.807) is 6.08 Å². The minimum atomic E-state index is -1.79. The van der Waals surface area contributed by atoms with Crippen LogP contribution in [0.25, 0.3) is 0 Å². The molecule has 0 bridgehead atoms. The van der Waals surface area contributed by atoms with E-state index in [-0.39, 0.29) is 18.9 Å². The molecular weight excluding hydrogens is 1000 g/mol. The normalized spacial score (nSPS) is 25.2. The molecule has 1 amide bonds. The van der Waals surface area contributed by atoms with Gasteiger partial charge in [0.1, 0.15) is 48.8 Å². The number of rotatable bonds is 47. The number of nitrogens with one attached hydrogen (secondary N) is 1. The van der Waals surface area contributed by atoms with Crippen molar-refractivity contribution < 1.29 is 64.6 Å². The van der Waals surface area contributed by atoms with Crippen molar-refractivity contribution >= 4 is 5.91 Å². The van der Waals surface area contributed by atoms with Crippen molar-refractivity contribution in [2.45, 2.75) is 274 Å². The van der Waals surface area contributed by atoms with E-state index < -0.39 is 86.8 Å². The third-order valence-electron chi connectivity index (χ3n) is 14.2. The predicted octanol–water partition coefficient (Wildman–Crippen LogP) is 10.8. The number of aliphatic hydroxyl groups is 8. The average molecular weight is 1110 g/mol. The minimum absolute atomic E-state index is 0.253. The molecule has 9 N–H and O–H groups in total. The van der Waals surface area contributed by atoms with Gasteiger partial charge in [-0.05, 0) is 77.0 Å². The number of carbonyl (C=O) groups is 1. The maximum atomic E-state index is 13.1. The first-order valence-electron chi connectivity index (χ1n) is 30.6. The molecule has 14 heteroatoms. The predicted molar refractivity (Wildman–Crippen MR) is 318 cm³/mol. The molecule has 0 spiro atoms. The third-order valence-corrected chi connectivity index (χ3v) is 14.2. The van der Waals surface area contributed by atoms with Crippen molar-refractivity contribution in [3.8, 4) is 0 Å². The summed E-state index contributed by atoms with van der Waals surface area (Å²) in [5.74, 6) is -0.253. The SMILES string of the molecule is CC/C=C\C/C=C\C/C=C\C/C=C\C/C=C\C/C=C\C/C=C\C/C=C\CCCCCCCCCCCCCCCCCCC(=O)NC(COC1OC(CO)C(OC2OC(CO)C(O)C(O)C2O)C(O)C1O)C(O)/C=C/CCCC. The van der Waals surface area contributed by atoms with E-state index in [0.717, 1.165) is 89.9 Å². The fourth-order valence-electron chi connectivity index (χ4n) is 9.29. The number of allylic oxidation sites excluding steroid dienone is 17. The van der Waals surface area contributed by atoms with Crippen LogP contribution in [0.2, 0.25) is 0 Å². The monoisotopic (exact) mass is 1110 g/mol. The summed E-state index contributed by atoms with van der Waals surface area (Å²) < 4.78 is 22.6. The second-order valence-electron chi connectivity index (χ2n) is 21.1. The highest BCUT2D eigenvalue weighted by atomic mass is 16.7. The summed E-state index contributed by atoms with van der Waals surface area (Å²) in [6.07, 6.45) is 54.0. The Balaban J connectivity index is 1.48. The molecule has 2 heterocycles. The van der Waals surface area contributed by atoms with Gasteiger partial charge in [0.05, 0.1) is 32.0 Å². The average Bonchev–Trinajstić information content (AvgIpc) is 3.45. The first-order valence-corrected chi connectivity index (χ1v) is 30.6. The molecule has 79 heavy (non-hydrogen) atoms. The summed E-state index contributed by atoms with van der Waals surface area (Å²) >= 11 is 0. The van der Waals surface area contributed by atoms with Crippen LogP contribution in [0.5, 0.6) is 0 Å². The number of hydrogen-bond acceptors (Lipinski definition) is 13. The van der Waals surface area contributed by atoms with Gasteiger partial charge in [-0.1, -0.05) is 226 Å². The molecular formula is C65H109NO13. The molecule has 2 saturated heterocycles. The van der Waals surface area contributed by atoms with Crippen molar-refractivity contribution in [1.29, 1.82) is 0 Å². The Kier molecular flexibility index (Phi) is 44.8.